The average molecular weight is 290 g/mol. The fourth-order valence-electron chi connectivity index (χ4n) is 3.66. The minimum absolute atomic E-state index is 0.204. The summed E-state index contributed by atoms with van der Waals surface area (Å²) in [6.07, 6.45) is 5.40. The molecule has 0 aliphatic carbocycles. The topological polar surface area (TPSA) is 20.2 Å². The highest BCUT2D eigenvalue weighted by atomic mass is 32.2. The van der Waals surface area contributed by atoms with Crippen molar-refractivity contribution in [3.8, 4) is 0 Å². The molecule has 1 nitrogen and oxygen atoms in total. The first-order valence-electron chi connectivity index (χ1n) is 7.81. The van der Waals surface area contributed by atoms with Crippen molar-refractivity contribution in [2.75, 3.05) is 0 Å². The van der Waals surface area contributed by atoms with Gasteiger partial charge in [-0.1, -0.05) is 45.0 Å². The largest absolute Gasteiger partial charge is 0.389 e. The lowest BCUT2D eigenvalue weighted by Crippen LogP contribution is -2.39. The minimum atomic E-state index is -0.458. The molecule has 3 rings (SSSR count). The van der Waals surface area contributed by atoms with Gasteiger partial charge in [0.25, 0.3) is 0 Å². The van der Waals surface area contributed by atoms with Gasteiger partial charge in [-0.3, -0.25) is 0 Å². The lowest BCUT2D eigenvalue weighted by molar-refractivity contribution is 0.0242. The molecular weight excluding hydrogens is 264 g/mol. The quantitative estimate of drug-likeness (QED) is 0.875. The Labute approximate surface area is 127 Å². The molecule has 20 heavy (non-hydrogen) atoms. The van der Waals surface area contributed by atoms with Crippen LogP contribution in [0.3, 0.4) is 0 Å². The molecule has 0 spiro atoms. The molecule has 2 atom stereocenters. The van der Waals surface area contributed by atoms with Gasteiger partial charge in [0, 0.05) is 16.9 Å². The molecule has 0 amide bonds. The number of benzene rings is 1. The molecule has 0 radical (unpaired) electrons. The molecule has 2 heterocycles. The van der Waals surface area contributed by atoms with Crippen LogP contribution in [0.2, 0.25) is 0 Å². The van der Waals surface area contributed by atoms with Gasteiger partial charge in [-0.15, -0.1) is 0 Å². The monoisotopic (exact) mass is 290 g/mol. The van der Waals surface area contributed by atoms with E-state index in [1.54, 1.807) is 0 Å². The Hall–Kier alpha value is -0.470. The highest BCUT2D eigenvalue weighted by Crippen LogP contribution is 2.48. The molecule has 2 aliphatic heterocycles. The number of hydrogen-bond donors (Lipinski definition) is 1. The summed E-state index contributed by atoms with van der Waals surface area (Å²) in [7, 11) is 0. The van der Waals surface area contributed by atoms with Crippen LogP contribution in [0.25, 0.3) is 0 Å². The third kappa shape index (κ3) is 3.07. The summed E-state index contributed by atoms with van der Waals surface area (Å²) in [6.45, 7) is 6.72. The van der Waals surface area contributed by atoms with Crippen molar-refractivity contribution in [2.24, 2.45) is 0 Å². The number of rotatable bonds is 2. The van der Waals surface area contributed by atoms with Gasteiger partial charge in [-0.2, -0.15) is 11.8 Å². The smallest absolute Gasteiger partial charge is 0.0709 e. The first kappa shape index (κ1) is 14.5. The average Bonchev–Trinajstić information content (AvgIpc) is 2.68. The molecule has 110 valence electrons. The summed E-state index contributed by atoms with van der Waals surface area (Å²) in [5, 5.41) is 12.3. The standard InChI is InChI=1S/C18H26OS/c1-17(2,3)14-6-4-13(5-7-14)10-18(19)11-15-8-9-16(12-18)20-15/h4-7,15-16,19H,8-12H2,1-3H3. The molecule has 0 aromatic heterocycles. The zero-order valence-electron chi connectivity index (χ0n) is 12.9. The van der Waals surface area contributed by atoms with Gasteiger partial charge in [0.15, 0.2) is 0 Å². The van der Waals surface area contributed by atoms with Gasteiger partial charge in [-0.25, -0.2) is 0 Å². The van der Waals surface area contributed by atoms with E-state index in [4.69, 9.17) is 0 Å². The molecule has 2 heteroatoms. The summed E-state index contributed by atoms with van der Waals surface area (Å²) in [6, 6.07) is 8.88. The van der Waals surface area contributed by atoms with Crippen LogP contribution in [-0.2, 0) is 11.8 Å². The summed E-state index contributed by atoms with van der Waals surface area (Å²) >= 11 is 2.11. The Morgan fingerprint density at radius 3 is 2.15 bits per heavy atom. The summed E-state index contributed by atoms with van der Waals surface area (Å²) in [4.78, 5) is 0. The summed E-state index contributed by atoms with van der Waals surface area (Å²) in [5.41, 5.74) is 2.40. The molecule has 2 aliphatic rings. The second-order valence-electron chi connectivity index (χ2n) is 7.71. The molecule has 2 saturated heterocycles. The van der Waals surface area contributed by atoms with Gasteiger partial charge in [0.05, 0.1) is 5.60 Å². The van der Waals surface area contributed by atoms with Crippen molar-refractivity contribution >= 4 is 11.8 Å². The predicted molar refractivity (Wildman–Crippen MR) is 87.4 cm³/mol. The maximum absolute atomic E-state index is 10.9. The van der Waals surface area contributed by atoms with Gasteiger partial charge in [0.2, 0.25) is 0 Å². The molecule has 2 unspecified atom stereocenters. The highest BCUT2D eigenvalue weighted by molar-refractivity contribution is 8.00. The lowest BCUT2D eigenvalue weighted by Gasteiger charge is -2.36. The van der Waals surface area contributed by atoms with Crippen molar-refractivity contribution in [1.82, 2.24) is 0 Å². The zero-order valence-corrected chi connectivity index (χ0v) is 13.7. The van der Waals surface area contributed by atoms with E-state index in [1.807, 2.05) is 0 Å². The fourth-order valence-corrected chi connectivity index (χ4v) is 5.56. The van der Waals surface area contributed by atoms with Crippen molar-refractivity contribution < 1.29 is 5.11 Å². The molecule has 2 bridgehead atoms. The van der Waals surface area contributed by atoms with E-state index in [0.717, 1.165) is 19.3 Å². The molecule has 1 aromatic carbocycles. The third-order valence-corrected chi connectivity index (χ3v) is 6.34. The normalized spacial score (nSPS) is 33.4. The fraction of sp³-hybridized carbons (Fsp3) is 0.667. The second-order valence-corrected chi connectivity index (χ2v) is 9.32. The van der Waals surface area contributed by atoms with Crippen LogP contribution in [0.1, 0.15) is 57.6 Å². The summed E-state index contributed by atoms with van der Waals surface area (Å²) < 4.78 is 0. The van der Waals surface area contributed by atoms with Crippen molar-refractivity contribution in [1.29, 1.82) is 0 Å². The van der Waals surface area contributed by atoms with E-state index in [1.165, 1.54) is 24.0 Å². The maximum atomic E-state index is 10.9. The van der Waals surface area contributed by atoms with Crippen LogP contribution in [0.15, 0.2) is 24.3 Å². The van der Waals surface area contributed by atoms with Crippen molar-refractivity contribution in [3.05, 3.63) is 35.4 Å². The Bertz CT molecular complexity index is 459. The van der Waals surface area contributed by atoms with Crippen LogP contribution >= 0.6 is 11.8 Å². The van der Waals surface area contributed by atoms with Crippen LogP contribution in [0.4, 0.5) is 0 Å². The van der Waals surface area contributed by atoms with Gasteiger partial charge < -0.3 is 5.11 Å². The van der Waals surface area contributed by atoms with Crippen LogP contribution in [0.5, 0.6) is 0 Å². The van der Waals surface area contributed by atoms with Crippen LogP contribution in [0, 0.1) is 0 Å². The van der Waals surface area contributed by atoms with Crippen molar-refractivity contribution in [3.63, 3.8) is 0 Å². The zero-order chi connectivity index (χ0) is 14.4. The molecule has 2 fully saturated rings. The number of hydrogen-bond acceptors (Lipinski definition) is 2. The third-order valence-electron chi connectivity index (χ3n) is 4.76. The van der Waals surface area contributed by atoms with Crippen molar-refractivity contribution in [2.45, 2.75) is 74.4 Å². The SMILES string of the molecule is CC(C)(C)c1ccc(CC2(O)CC3CCC(C2)S3)cc1. The maximum Gasteiger partial charge on any atom is 0.0709 e. The van der Waals surface area contributed by atoms with Gasteiger partial charge in [0.1, 0.15) is 0 Å². The Kier molecular flexibility index (Phi) is 3.66. The molecule has 1 aromatic rings. The van der Waals surface area contributed by atoms with E-state index in [-0.39, 0.29) is 5.41 Å². The Morgan fingerprint density at radius 1 is 1.10 bits per heavy atom. The number of fused-ring (bicyclic) bond motifs is 2. The van der Waals surface area contributed by atoms with E-state index < -0.39 is 5.60 Å². The first-order valence-corrected chi connectivity index (χ1v) is 8.76. The van der Waals surface area contributed by atoms with E-state index in [9.17, 15) is 5.11 Å². The first-order chi connectivity index (χ1) is 9.34. The number of aliphatic hydroxyl groups is 1. The lowest BCUT2D eigenvalue weighted by atomic mass is 9.84. The predicted octanol–water partition coefficient (Wildman–Crippen LogP) is 4.32. The Morgan fingerprint density at radius 2 is 1.65 bits per heavy atom. The minimum Gasteiger partial charge on any atom is -0.389 e. The Balaban J connectivity index is 1.71. The summed E-state index contributed by atoms with van der Waals surface area (Å²) in [5.74, 6) is 0. The van der Waals surface area contributed by atoms with Crippen LogP contribution in [-0.4, -0.2) is 21.2 Å². The molecule has 1 N–H and O–H groups in total. The highest BCUT2D eigenvalue weighted by Gasteiger charge is 2.43. The molecular formula is C18H26OS. The van der Waals surface area contributed by atoms with Gasteiger partial charge in [-0.05, 0) is 42.2 Å². The number of thioether (sulfide) groups is 1. The molecule has 0 saturated carbocycles. The van der Waals surface area contributed by atoms with E-state index in [2.05, 4.69) is 56.8 Å². The van der Waals surface area contributed by atoms with Crippen LogP contribution < -0.4 is 0 Å². The second kappa shape index (κ2) is 5.06. The van der Waals surface area contributed by atoms with E-state index >= 15 is 0 Å². The van der Waals surface area contributed by atoms with E-state index in [0.29, 0.717) is 10.5 Å². The van der Waals surface area contributed by atoms with Gasteiger partial charge >= 0.3 is 0 Å².